The molecule has 1 aromatic carbocycles. The summed E-state index contributed by atoms with van der Waals surface area (Å²) in [5, 5.41) is 5.17. The maximum absolute atomic E-state index is 13.0. The molecule has 0 spiro atoms. The Labute approximate surface area is 247 Å². The molecular formula is C31H43N4O7+. The van der Waals surface area contributed by atoms with E-state index in [2.05, 4.69) is 17.6 Å². The molecule has 0 radical (unpaired) electrons. The molecule has 11 nitrogen and oxygen atoms in total. The lowest BCUT2D eigenvalue weighted by Crippen LogP contribution is -2.52. The maximum atomic E-state index is 13.0. The van der Waals surface area contributed by atoms with Crippen LogP contribution in [0.4, 0.5) is 10.5 Å². The Balaban J connectivity index is 1.25. The van der Waals surface area contributed by atoms with Gasteiger partial charge >= 0.3 is 6.09 Å². The van der Waals surface area contributed by atoms with Crippen molar-refractivity contribution in [3.8, 4) is 0 Å². The van der Waals surface area contributed by atoms with Crippen molar-refractivity contribution in [2.24, 2.45) is 5.92 Å². The van der Waals surface area contributed by atoms with Gasteiger partial charge in [-0.05, 0) is 58.1 Å². The molecule has 4 rings (SSSR count). The van der Waals surface area contributed by atoms with Gasteiger partial charge in [0, 0.05) is 49.0 Å². The van der Waals surface area contributed by atoms with Gasteiger partial charge < -0.3 is 19.7 Å². The van der Waals surface area contributed by atoms with Gasteiger partial charge in [-0.3, -0.25) is 24.5 Å². The molecule has 0 aromatic heterocycles. The topological polar surface area (TPSA) is 134 Å². The summed E-state index contributed by atoms with van der Waals surface area (Å²) in [5.41, 5.74) is 2.16. The summed E-state index contributed by atoms with van der Waals surface area (Å²) in [5.74, 6) is -0.701. The minimum Gasteiger partial charge on any atom is -0.406 e. The molecule has 1 unspecified atom stereocenters. The number of nitrogens with one attached hydrogen (secondary N) is 2. The van der Waals surface area contributed by atoms with E-state index in [0.29, 0.717) is 42.3 Å². The van der Waals surface area contributed by atoms with Crippen molar-refractivity contribution in [2.45, 2.75) is 97.2 Å². The lowest BCUT2D eigenvalue weighted by atomic mass is 9.89. The number of ether oxygens (including phenoxy) is 2. The van der Waals surface area contributed by atoms with Crippen molar-refractivity contribution in [3.05, 3.63) is 29.3 Å². The van der Waals surface area contributed by atoms with E-state index in [1.54, 1.807) is 22.8 Å². The zero-order valence-corrected chi connectivity index (χ0v) is 25.1. The number of imide groups is 1. The van der Waals surface area contributed by atoms with Crippen LogP contribution in [0, 0.1) is 5.92 Å². The number of carbonyl (C=O) groups is 5. The highest BCUT2D eigenvalue weighted by atomic mass is 16.6. The highest BCUT2D eigenvalue weighted by Crippen LogP contribution is 2.32. The molecule has 1 atom stereocenters. The van der Waals surface area contributed by atoms with E-state index in [4.69, 9.17) is 9.47 Å². The molecular weight excluding hydrogens is 540 g/mol. The fourth-order valence-electron chi connectivity index (χ4n) is 5.57. The van der Waals surface area contributed by atoms with Crippen LogP contribution in [0.2, 0.25) is 0 Å². The summed E-state index contributed by atoms with van der Waals surface area (Å²) >= 11 is 0. The third-order valence-corrected chi connectivity index (χ3v) is 7.85. The molecule has 0 bridgehead atoms. The Bertz CT molecular complexity index is 1260. The summed E-state index contributed by atoms with van der Waals surface area (Å²) in [6.07, 6.45) is 4.78. The van der Waals surface area contributed by atoms with Gasteiger partial charge in [0.25, 0.3) is 5.91 Å². The Kier molecular flexibility index (Phi) is 10.1. The van der Waals surface area contributed by atoms with Crippen LogP contribution in [0.5, 0.6) is 0 Å². The average molecular weight is 584 g/mol. The second-order valence-electron chi connectivity index (χ2n) is 12.4. The number of carbonyl (C=O) groups excluding carboxylic acids is 5. The third-order valence-electron chi connectivity index (χ3n) is 7.85. The minimum absolute atomic E-state index is 0.125. The fraction of sp³-hybridized carbons (Fsp3) is 0.613. The highest BCUT2D eigenvalue weighted by molar-refractivity contribution is 6.06. The maximum Gasteiger partial charge on any atom is 0.596 e. The SMILES string of the molecule is CC1CCC(=[N+](CCCOCCC(=O)Nc2cccc3c2CN(C2CCC(=O)NC2=O)C3=O)C(=O)OC(C)(C)C)CC1. The number of rotatable bonds is 9. The van der Waals surface area contributed by atoms with Crippen molar-refractivity contribution >= 4 is 41.1 Å². The number of nitrogens with zero attached hydrogens (tertiary/aromatic N) is 2. The Hall–Kier alpha value is -3.60. The first-order chi connectivity index (χ1) is 19.9. The standard InChI is InChI=1S/C31H42N4O7/c1-20-9-11-21(12-10-20)34(30(40)42-31(2,3)4)16-6-17-41-18-15-27(37)32-24-8-5-7-22-23(24)19-35(29(22)39)25-13-14-26(36)33-28(25)38/h5,7-8,20,25H,6,9-19H2,1-4H3,(H-,32,33,36,37,38)/p+1. The number of hydrogen-bond donors (Lipinski definition) is 2. The first kappa shape index (κ1) is 31.3. The van der Waals surface area contributed by atoms with Crippen molar-refractivity contribution in [1.82, 2.24) is 10.2 Å². The lowest BCUT2D eigenvalue weighted by molar-refractivity contribution is -0.455. The van der Waals surface area contributed by atoms with E-state index in [0.717, 1.165) is 31.4 Å². The second kappa shape index (κ2) is 13.6. The summed E-state index contributed by atoms with van der Waals surface area (Å²) in [4.78, 5) is 63.9. The zero-order chi connectivity index (χ0) is 30.4. The van der Waals surface area contributed by atoms with Gasteiger partial charge in [0.05, 0.1) is 19.6 Å². The summed E-state index contributed by atoms with van der Waals surface area (Å²) < 4.78 is 13.1. The predicted molar refractivity (Wildman–Crippen MR) is 155 cm³/mol. The van der Waals surface area contributed by atoms with Crippen LogP contribution >= 0.6 is 0 Å². The molecule has 3 aliphatic rings. The van der Waals surface area contributed by atoms with Crippen LogP contribution < -0.4 is 10.6 Å². The van der Waals surface area contributed by atoms with Crippen LogP contribution in [0.1, 0.15) is 95.0 Å². The molecule has 2 heterocycles. The van der Waals surface area contributed by atoms with Crippen LogP contribution in [0.3, 0.4) is 0 Å². The summed E-state index contributed by atoms with van der Waals surface area (Å²) in [6, 6.07) is 4.38. The average Bonchev–Trinajstić information content (AvgIpc) is 3.25. The Morgan fingerprint density at radius 2 is 1.81 bits per heavy atom. The predicted octanol–water partition coefficient (Wildman–Crippen LogP) is 3.78. The first-order valence-electron chi connectivity index (χ1n) is 14.9. The number of fused-ring (bicyclic) bond motifs is 1. The smallest absolute Gasteiger partial charge is 0.406 e. The van der Waals surface area contributed by atoms with Gasteiger partial charge in [-0.15, -0.1) is 4.58 Å². The molecule has 2 N–H and O–H groups in total. The monoisotopic (exact) mass is 583 g/mol. The Morgan fingerprint density at radius 1 is 1.07 bits per heavy atom. The van der Waals surface area contributed by atoms with Crippen LogP contribution in [0.25, 0.3) is 0 Å². The van der Waals surface area contributed by atoms with E-state index < -0.39 is 17.6 Å². The third kappa shape index (κ3) is 8.02. The van der Waals surface area contributed by atoms with E-state index in [9.17, 15) is 24.0 Å². The van der Waals surface area contributed by atoms with Gasteiger partial charge in [0.15, 0.2) is 12.3 Å². The van der Waals surface area contributed by atoms with Gasteiger partial charge in [0.1, 0.15) is 11.6 Å². The molecule has 11 heteroatoms. The van der Waals surface area contributed by atoms with Crippen molar-refractivity contribution in [3.63, 3.8) is 0 Å². The van der Waals surface area contributed by atoms with E-state index in [1.165, 1.54) is 4.90 Å². The molecule has 5 amide bonds. The zero-order valence-electron chi connectivity index (χ0n) is 25.1. The number of anilines is 1. The molecule has 1 saturated heterocycles. The summed E-state index contributed by atoms with van der Waals surface area (Å²) in [7, 11) is 0. The van der Waals surface area contributed by atoms with Gasteiger partial charge in [-0.1, -0.05) is 13.0 Å². The van der Waals surface area contributed by atoms with E-state index >= 15 is 0 Å². The highest BCUT2D eigenvalue weighted by Gasteiger charge is 2.40. The Morgan fingerprint density at radius 3 is 2.50 bits per heavy atom. The molecule has 1 aliphatic carbocycles. The number of hydrogen-bond acceptors (Lipinski definition) is 7. The lowest BCUT2D eigenvalue weighted by Gasteiger charge is -2.29. The van der Waals surface area contributed by atoms with Crippen LogP contribution in [0.15, 0.2) is 18.2 Å². The first-order valence-corrected chi connectivity index (χ1v) is 14.9. The normalized spacial score (nSPS) is 20.7. The second-order valence-corrected chi connectivity index (χ2v) is 12.4. The summed E-state index contributed by atoms with van der Waals surface area (Å²) in [6.45, 7) is 9.11. The molecule has 2 fully saturated rings. The molecule has 42 heavy (non-hydrogen) atoms. The molecule has 1 aromatic rings. The van der Waals surface area contributed by atoms with Crippen LogP contribution in [-0.2, 0) is 30.4 Å². The number of benzene rings is 1. The molecule has 2 aliphatic heterocycles. The minimum atomic E-state index is -0.717. The van der Waals surface area contributed by atoms with Gasteiger partial charge in [0.2, 0.25) is 17.7 Å². The molecule has 228 valence electrons. The molecule has 1 saturated carbocycles. The van der Waals surface area contributed by atoms with Crippen molar-refractivity contribution in [2.75, 3.05) is 25.1 Å². The van der Waals surface area contributed by atoms with E-state index in [-0.39, 0.29) is 56.2 Å². The largest absolute Gasteiger partial charge is 0.596 e. The quantitative estimate of drug-likeness (QED) is 0.257. The fourth-order valence-corrected chi connectivity index (χ4v) is 5.57. The van der Waals surface area contributed by atoms with E-state index in [1.807, 2.05) is 20.8 Å². The van der Waals surface area contributed by atoms with Gasteiger partial charge in [-0.2, -0.15) is 4.79 Å². The van der Waals surface area contributed by atoms with Crippen LogP contribution in [-0.4, -0.2) is 76.3 Å². The van der Waals surface area contributed by atoms with Crippen molar-refractivity contribution < 1.29 is 38.0 Å². The van der Waals surface area contributed by atoms with Crippen molar-refractivity contribution in [1.29, 1.82) is 0 Å². The number of amides is 5. The number of piperidine rings is 1. The van der Waals surface area contributed by atoms with Gasteiger partial charge in [-0.25, -0.2) is 0 Å².